The van der Waals surface area contributed by atoms with E-state index in [9.17, 15) is 13.2 Å². The van der Waals surface area contributed by atoms with E-state index in [1.165, 1.54) is 4.31 Å². The zero-order chi connectivity index (χ0) is 18.6. The number of hydrogen-bond acceptors (Lipinski definition) is 4. The van der Waals surface area contributed by atoms with Gasteiger partial charge in [0.1, 0.15) is 5.75 Å². The van der Waals surface area contributed by atoms with E-state index in [0.717, 1.165) is 5.56 Å². The molecule has 7 heteroatoms. The second-order valence-corrected chi connectivity index (χ2v) is 8.18. The summed E-state index contributed by atoms with van der Waals surface area (Å²) < 4.78 is 32.5. The minimum absolute atomic E-state index is 0.250. The Morgan fingerprint density at radius 2 is 1.73 bits per heavy atom. The fourth-order valence-electron chi connectivity index (χ4n) is 2.90. The highest BCUT2D eigenvalue weighted by atomic mass is 32.2. The number of amides is 1. The third-order valence-corrected chi connectivity index (χ3v) is 6.18. The van der Waals surface area contributed by atoms with Crippen molar-refractivity contribution in [3.63, 3.8) is 0 Å². The van der Waals surface area contributed by atoms with Crippen LogP contribution >= 0.6 is 0 Å². The van der Waals surface area contributed by atoms with Crippen molar-refractivity contribution in [2.75, 3.05) is 26.2 Å². The highest BCUT2D eigenvalue weighted by Gasteiger charge is 2.28. The van der Waals surface area contributed by atoms with Crippen molar-refractivity contribution in [1.29, 1.82) is 0 Å². The van der Waals surface area contributed by atoms with Gasteiger partial charge in [0.05, 0.1) is 4.90 Å². The lowest BCUT2D eigenvalue weighted by Gasteiger charge is -2.21. The molecule has 0 radical (unpaired) electrons. The first kappa shape index (κ1) is 18.4. The summed E-state index contributed by atoms with van der Waals surface area (Å²) in [5, 5.41) is 0. The van der Waals surface area contributed by atoms with Crippen LogP contribution in [0.2, 0.25) is 0 Å². The second kappa shape index (κ2) is 7.88. The van der Waals surface area contributed by atoms with Crippen molar-refractivity contribution in [1.82, 2.24) is 9.21 Å². The highest BCUT2D eigenvalue weighted by Crippen LogP contribution is 2.19. The Morgan fingerprint density at radius 1 is 0.962 bits per heavy atom. The monoisotopic (exact) mass is 374 g/mol. The van der Waals surface area contributed by atoms with Crippen LogP contribution in [0.1, 0.15) is 12.0 Å². The van der Waals surface area contributed by atoms with Gasteiger partial charge in [-0.1, -0.05) is 30.3 Å². The number of nitrogens with zero attached hydrogens (tertiary/aromatic N) is 2. The molecule has 0 bridgehead atoms. The minimum atomic E-state index is -3.56. The van der Waals surface area contributed by atoms with Gasteiger partial charge in [-0.15, -0.1) is 0 Å². The molecule has 0 aliphatic carbocycles. The molecule has 1 saturated heterocycles. The Kier molecular flexibility index (Phi) is 5.58. The number of benzene rings is 2. The first-order valence-corrected chi connectivity index (χ1v) is 9.99. The summed E-state index contributed by atoms with van der Waals surface area (Å²) in [7, 11) is -3.56. The third kappa shape index (κ3) is 4.23. The topological polar surface area (TPSA) is 66.9 Å². The van der Waals surface area contributed by atoms with Crippen molar-refractivity contribution < 1.29 is 17.9 Å². The normalized spacial score (nSPS) is 16.1. The van der Waals surface area contributed by atoms with Crippen molar-refractivity contribution in [2.24, 2.45) is 0 Å². The van der Waals surface area contributed by atoms with Gasteiger partial charge in [0, 0.05) is 26.2 Å². The molecule has 0 N–H and O–H groups in total. The fourth-order valence-corrected chi connectivity index (χ4v) is 4.47. The SMILES string of the molecule is Cc1cccc(S(=O)(=O)N2CCCN(C(=O)Oc3ccccc3)CC2)c1. The van der Waals surface area contributed by atoms with Crippen LogP contribution in [-0.2, 0) is 10.0 Å². The van der Waals surface area contributed by atoms with E-state index >= 15 is 0 Å². The molecule has 2 aromatic rings. The largest absolute Gasteiger partial charge is 0.415 e. The molecule has 1 heterocycles. The van der Waals surface area contributed by atoms with Gasteiger partial charge in [-0.3, -0.25) is 0 Å². The molecule has 6 nitrogen and oxygen atoms in total. The van der Waals surface area contributed by atoms with Crippen LogP contribution in [0.25, 0.3) is 0 Å². The molecule has 1 fully saturated rings. The maximum Gasteiger partial charge on any atom is 0.415 e. The molecule has 0 spiro atoms. The minimum Gasteiger partial charge on any atom is -0.410 e. The lowest BCUT2D eigenvalue weighted by Crippen LogP contribution is -2.38. The Hall–Kier alpha value is -2.38. The van der Waals surface area contributed by atoms with Gasteiger partial charge in [0.25, 0.3) is 0 Å². The summed E-state index contributed by atoms with van der Waals surface area (Å²) in [5.74, 6) is 0.478. The van der Waals surface area contributed by atoms with Crippen LogP contribution < -0.4 is 4.74 Å². The molecular formula is C19H22N2O4S. The lowest BCUT2D eigenvalue weighted by molar-refractivity contribution is 0.154. The predicted octanol–water partition coefficient (Wildman–Crippen LogP) is 2.89. The number of carbonyl (C=O) groups excluding carboxylic acids is 1. The van der Waals surface area contributed by atoms with Crippen molar-refractivity contribution in [3.8, 4) is 5.75 Å². The lowest BCUT2D eigenvalue weighted by atomic mass is 10.2. The Morgan fingerprint density at radius 3 is 2.46 bits per heavy atom. The van der Waals surface area contributed by atoms with Gasteiger partial charge in [0.2, 0.25) is 10.0 Å². The summed E-state index contributed by atoms with van der Waals surface area (Å²) in [6.45, 7) is 3.26. The molecule has 0 unspecified atom stereocenters. The molecule has 2 aromatic carbocycles. The summed E-state index contributed by atoms with van der Waals surface area (Å²) in [6.07, 6.45) is 0.112. The molecule has 0 saturated carbocycles. The van der Waals surface area contributed by atoms with Crippen LogP contribution in [-0.4, -0.2) is 49.9 Å². The van der Waals surface area contributed by atoms with Crippen LogP contribution in [0.15, 0.2) is 59.5 Å². The quantitative estimate of drug-likeness (QED) is 0.829. The molecule has 0 aromatic heterocycles. The number of aryl methyl sites for hydroxylation is 1. The molecule has 3 rings (SSSR count). The van der Waals surface area contributed by atoms with E-state index < -0.39 is 16.1 Å². The van der Waals surface area contributed by atoms with Crippen LogP contribution in [0, 0.1) is 6.92 Å². The number of rotatable bonds is 3. The number of sulfonamides is 1. The maximum atomic E-state index is 12.9. The summed E-state index contributed by atoms with van der Waals surface area (Å²) in [6, 6.07) is 15.7. The van der Waals surface area contributed by atoms with Gasteiger partial charge < -0.3 is 9.64 Å². The molecule has 1 amide bonds. The van der Waals surface area contributed by atoms with Gasteiger partial charge in [-0.2, -0.15) is 4.31 Å². The van der Waals surface area contributed by atoms with Gasteiger partial charge in [-0.05, 0) is 43.2 Å². The van der Waals surface area contributed by atoms with Crippen molar-refractivity contribution in [2.45, 2.75) is 18.2 Å². The predicted molar refractivity (Wildman–Crippen MR) is 98.6 cm³/mol. The van der Waals surface area contributed by atoms with Crippen LogP contribution in [0.4, 0.5) is 4.79 Å². The van der Waals surface area contributed by atoms with Crippen molar-refractivity contribution >= 4 is 16.1 Å². The Bertz CT molecular complexity index is 868. The van der Waals surface area contributed by atoms with E-state index in [4.69, 9.17) is 4.74 Å². The average molecular weight is 374 g/mol. The van der Waals surface area contributed by atoms with Crippen molar-refractivity contribution in [3.05, 3.63) is 60.2 Å². The molecular weight excluding hydrogens is 352 g/mol. The number of para-hydroxylation sites is 1. The van der Waals surface area contributed by atoms with E-state index in [2.05, 4.69) is 0 Å². The summed E-state index contributed by atoms with van der Waals surface area (Å²) >= 11 is 0. The molecule has 1 aliphatic heterocycles. The summed E-state index contributed by atoms with van der Waals surface area (Å²) in [5.41, 5.74) is 0.897. The zero-order valence-corrected chi connectivity index (χ0v) is 15.5. The fraction of sp³-hybridized carbons (Fsp3) is 0.316. The van der Waals surface area contributed by atoms with E-state index in [1.807, 2.05) is 19.1 Å². The second-order valence-electron chi connectivity index (χ2n) is 6.24. The first-order valence-electron chi connectivity index (χ1n) is 8.55. The molecule has 138 valence electrons. The smallest absolute Gasteiger partial charge is 0.410 e. The average Bonchev–Trinajstić information content (AvgIpc) is 2.89. The number of carbonyl (C=O) groups is 1. The van der Waals surface area contributed by atoms with Gasteiger partial charge >= 0.3 is 6.09 Å². The zero-order valence-electron chi connectivity index (χ0n) is 14.7. The molecule has 26 heavy (non-hydrogen) atoms. The van der Waals surface area contributed by atoms with Gasteiger partial charge in [0.15, 0.2) is 0 Å². The van der Waals surface area contributed by atoms with Crippen LogP contribution in [0.5, 0.6) is 5.75 Å². The van der Waals surface area contributed by atoms with E-state index in [0.29, 0.717) is 31.8 Å². The van der Waals surface area contributed by atoms with E-state index in [-0.39, 0.29) is 11.4 Å². The number of hydrogen-bond donors (Lipinski definition) is 0. The summed E-state index contributed by atoms with van der Waals surface area (Å²) in [4.78, 5) is 14.2. The van der Waals surface area contributed by atoms with Crippen LogP contribution in [0.3, 0.4) is 0 Å². The first-order chi connectivity index (χ1) is 12.5. The van der Waals surface area contributed by atoms with Gasteiger partial charge in [-0.25, -0.2) is 13.2 Å². The van der Waals surface area contributed by atoms with E-state index in [1.54, 1.807) is 47.4 Å². The molecule has 1 aliphatic rings. The maximum absolute atomic E-state index is 12.9. The third-order valence-electron chi connectivity index (χ3n) is 4.29. The number of ether oxygens (including phenoxy) is 1. The highest BCUT2D eigenvalue weighted by molar-refractivity contribution is 7.89. The molecule has 0 atom stereocenters. The Labute approximate surface area is 154 Å². The Balaban J connectivity index is 1.67. The standard InChI is InChI=1S/C19H22N2O4S/c1-16-7-5-10-18(15-16)26(23,24)21-12-6-11-20(13-14-21)19(22)25-17-8-3-2-4-9-17/h2-5,7-10,15H,6,11-14H2,1H3.